The van der Waals surface area contributed by atoms with Crippen LogP contribution in [0.2, 0.25) is 0 Å². The number of hydrogen-bond donors (Lipinski definition) is 1. The third kappa shape index (κ3) is 2.16. The molecule has 2 unspecified atom stereocenters. The molecule has 2 saturated heterocycles. The molecule has 0 radical (unpaired) electrons. The molecular formula is C11H20N2O2. The summed E-state index contributed by atoms with van der Waals surface area (Å²) >= 11 is 0. The van der Waals surface area contributed by atoms with Crippen LogP contribution in [0.1, 0.15) is 20.3 Å². The standard InChI is InChI=1S/C11H20N2O2/c1-3-13-5-4-9(6-13)11(2)8-12-10(14)7-15-11/h9H,3-8H2,1-2H3,(H,12,14). The maximum Gasteiger partial charge on any atom is 0.246 e. The second-order valence-corrected chi connectivity index (χ2v) is 4.76. The molecule has 4 heteroatoms. The number of rotatable bonds is 2. The van der Waals surface area contributed by atoms with Gasteiger partial charge in [-0.2, -0.15) is 0 Å². The molecule has 0 aliphatic carbocycles. The normalized spacial score (nSPS) is 38.0. The molecule has 2 aliphatic heterocycles. The van der Waals surface area contributed by atoms with Crippen LogP contribution in [0.25, 0.3) is 0 Å². The van der Waals surface area contributed by atoms with Gasteiger partial charge >= 0.3 is 0 Å². The van der Waals surface area contributed by atoms with Gasteiger partial charge < -0.3 is 15.0 Å². The highest BCUT2D eigenvalue weighted by molar-refractivity contribution is 5.78. The van der Waals surface area contributed by atoms with Gasteiger partial charge in [-0.15, -0.1) is 0 Å². The van der Waals surface area contributed by atoms with Crippen molar-refractivity contribution >= 4 is 5.91 Å². The SMILES string of the molecule is CCN1CCC(C2(C)CNC(=O)CO2)C1. The highest BCUT2D eigenvalue weighted by Gasteiger charge is 2.41. The number of hydrogen-bond acceptors (Lipinski definition) is 3. The van der Waals surface area contributed by atoms with E-state index < -0.39 is 0 Å². The zero-order valence-electron chi connectivity index (χ0n) is 9.58. The fourth-order valence-electron chi connectivity index (χ4n) is 2.49. The van der Waals surface area contributed by atoms with Gasteiger partial charge in [0.15, 0.2) is 0 Å². The molecule has 2 heterocycles. The van der Waals surface area contributed by atoms with Gasteiger partial charge in [0.05, 0.1) is 5.60 Å². The van der Waals surface area contributed by atoms with Crippen LogP contribution in [0.4, 0.5) is 0 Å². The Morgan fingerprint density at radius 2 is 2.47 bits per heavy atom. The van der Waals surface area contributed by atoms with Crippen LogP contribution in [0.15, 0.2) is 0 Å². The van der Waals surface area contributed by atoms with Crippen LogP contribution in [0.5, 0.6) is 0 Å². The Kier molecular flexibility index (Phi) is 2.98. The number of amides is 1. The largest absolute Gasteiger partial charge is 0.363 e. The molecule has 0 bridgehead atoms. The van der Waals surface area contributed by atoms with E-state index in [0.29, 0.717) is 12.5 Å². The first-order chi connectivity index (χ1) is 7.14. The van der Waals surface area contributed by atoms with Gasteiger partial charge in [0.1, 0.15) is 6.61 Å². The highest BCUT2D eigenvalue weighted by Crippen LogP contribution is 2.31. The van der Waals surface area contributed by atoms with E-state index in [9.17, 15) is 4.79 Å². The van der Waals surface area contributed by atoms with Crippen molar-refractivity contribution in [1.82, 2.24) is 10.2 Å². The summed E-state index contributed by atoms with van der Waals surface area (Å²) in [7, 11) is 0. The van der Waals surface area contributed by atoms with Crippen LogP contribution in [0, 0.1) is 5.92 Å². The summed E-state index contributed by atoms with van der Waals surface area (Å²) in [5.74, 6) is 0.566. The number of nitrogens with one attached hydrogen (secondary N) is 1. The Balaban J connectivity index is 1.95. The lowest BCUT2D eigenvalue weighted by Gasteiger charge is -2.38. The molecule has 86 valence electrons. The maximum absolute atomic E-state index is 11.0. The lowest BCUT2D eigenvalue weighted by molar-refractivity contribution is -0.148. The quantitative estimate of drug-likeness (QED) is 0.712. The van der Waals surface area contributed by atoms with Gasteiger partial charge in [-0.3, -0.25) is 4.79 Å². The Hall–Kier alpha value is -0.610. The molecule has 2 fully saturated rings. The van der Waals surface area contributed by atoms with Crippen LogP contribution < -0.4 is 5.32 Å². The smallest absolute Gasteiger partial charge is 0.246 e. The minimum atomic E-state index is -0.155. The van der Waals surface area contributed by atoms with Crippen molar-refractivity contribution in [2.24, 2.45) is 5.92 Å². The number of morpholine rings is 1. The fourth-order valence-corrected chi connectivity index (χ4v) is 2.49. The van der Waals surface area contributed by atoms with Crippen molar-refractivity contribution in [3.8, 4) is 0 Å². The molecule has 4 nitrogen and oxygen atoms in total. The summed E-state index contributed by atoms with van der Waals surface area (Å²) in [4.78, 5) is 13.5. The molecule has 0 aromatic heterocycles. The first kappa shape index (κ1) is 10.9. The fraction of sp³-hybridized carbons (Fsp3) is 0.909. The first-order valence-electron chi connectivity index (χ1n) is 5.77. The van der Waals surface area contributed by atoms with Gasteiger partial charge in [-0.1, -0.05) is 6.92 Å². The molecule has 15 heavy (non-hydrogen) atoms. The predicted octanol–water partition coefficient (Wildman–Crippen LogP) is 0.233. The summed E-state index contributed by atoms with van der Waals surface area (Å²) in [5.41, 5.74) is -0.155. The molecule has 1 N–H and O–H groups in total. The molecule has 0 saturated carbocycles. The van der Waals surface area contributed by atoms with Crippen molar-refractivity contribution in [2.75, 3.05) is 32.8 Å². The first-order valence-corrected chi connectivity index (χ1v) is 5.77. The zero-order valence-corrected chi connectivity index (χ0v) is 9.58. The van der Waals surface area contributed by atoms with Crippen molar-refractivity contribution in [1.29, 1.82) is 0 Å². The van der Waals surface area contributed by atoms with E-state index in [1.807, 2.05) is 0 Å². The number of ether oxygens (including phenoxy) is 1. The molecule has 0 aromatic rings. The van der Waals surface area contributed by atoms with E-state index in [2.05, 4.69) is 24.1 Å². The van der Waals surface area contributed by atoms with Crippen molar-refractivity contribution in [3.63, 3.8) is 0 Å². The van der Waals surface area contributed by atoms with Gasteiger partial charge in [0.2, 0.25) is 5.91 Å². The van der Waals surface area contributed by atoms with Crippen LogP contribution in [-0.4, -0.2) is 49.2 Å². The summed E-state index contributed by atoms with van der Waals surface area (Å²) < 4.78 is 5.72. The summed E-state index contributed by atoms with van der Waals surface area (Å²) in [5, 5.41) is 2.90. The number of nitrogens with zero attached hydrogens (tertiary/aromatic N) is 1. The van der Waals surface area contributed by atoms with Gasteiger partial charge in [0, 0.05) is 19.0 Å². The van der Waals surface area contributed by atoms with Gasteiger partial charge in [0.25, 0.3) is 0 Å². The monoisotopic (exact) mass is 212 g/mol. The Morgan fingerprint density at radius 1 is 1.67 bits per heavy atom. The minimum absolute atomic E-state index is 0.0119. The van der Waals surface area contributed by atoms with Crippen LogP contribution >= 0.6 is 0 Å². The summed E-state index contributed by atoms with van der Waals surface area (Å²) in [6.07, 6.45) is 1.18. The molecule has 1 amide bonds. The van der Waals surface area contributed by atoms with Gasteiger partial charge in [-0.25, -0.2) is 0 Å². The number of likely N-dealkylation sites (tertiary alicyclic amines) is 1. The average Bonchev–Trinajstić information content (AvgIpc) is 2.72. The zero-order chi connectivity index (χ0) is 10.9. The third-order valence-electron chi connectivity index (χ3n) is 3.75. The topological polar surface area (TPSA) is 41.6 Å². The van der Waals surface area contributed by atoms with E-state index in [0.717, 1.165) is 19.6 Å². The van der Waals surface area contributed by atoms with Crippen LogP contribution in [0.3, 0.4) is 0 Å². The molecule has 2 atom stereocenters. The lowest BCUT2D eigenvalue weighted by Crippen LogP contribution is -2.55. The predicted molar refractivity (Wildman–Crippen MR) is 57.6 cm³/mol. The van der Waals surface area contributed by atoms with E-state index in [4.69, 9.17) is 4.74 Å². The number of carbonyl (C=O) groups is 1. The van der Waals surface area contributed by atoms with Gasteiger partial charge in [-0.05, 0) is 26.4 Å². The Morgan fingerprint density at radius 3 is 3.00 bits per heavy atom. The van der Waals surface area contributed by atoms with E-state index >= 15 is 0 Å². The Labute approximate surface area is 91.0 Å². The highest BCUT2D eigenvalue weighted by atomic mass is 16.5. The second kappa shape index (κ2) is 4.10. The minimum Gasteiger partial charge on any atom is -0.363 e. The van der Waals surface area contributed by atoms with Crippen molar-refractivity contribution in [3.05, 3.63) is 0 Å². The lowest BCUT2D eigenvalue weighted by atomic mass is 9.87. The molecule has 0 aromatic carbocycles. The van der Waals surface area contributed by atoms with E-state index in [1.54, 1.807) is 0 Å². The Bertz CT molecular complexity index is 245. The number of carbonyl (C=O) groups excluding carboxylic acids is 1. The van der Waals surface area contributed by atoms with E-state index in [-0.39, 0.29) is 18.1 Å². The third-order valence-corrected chi connectivity index (χ3v) is 3.75. The van der Waals surface area contributed by atoms with E-state index in [1.165, 1.54) is 6.42 Å². The maximum atomic E-state index is 11.0. The van der Waals surface area contributed by atoms with Crippen molar-refractivity contribution in [2.45, 2.75) is 25.9 Å². The molecule has 2 rings (SSSR count). The summed E-state index contributed by atoms with van der Waals surface area (Å²) in [6.45, 7) is 8.56. The molecule has 2 aliphatic rings. The second-order valence-electron chi connectivity index (χ2n) is 4.76. The molecular weight excluding hydrogens is 192 g/mol. The van der Waals surface area contributed by atoms with Crippen LogP contribution in [-0.2, 0) is 9.53 Å². The summed E-state index contributed by atoms with van der Waals surface area (Å²) in [6, 6.07) is 0. The average molecular weight is 212 g/mol. The molecule has 0 spiro atoms. The van der Waals surface area contributed by atoms with Crippen molar-refractivity contribution < 1.29 is 9.53 Å².